The van der Waals surface area contributed by atoms with Gasteiger partial charge >= 0.3 is 6.03 Å². The number of aromatic nitrogens is 2. The van der Waals surface area contributed by atoms with E-state index in [9.17, 15) is 14.9 Å². The van der Waals surface area contributed by atoms with E-state index in [0.29, 0.717) is 18.7 Å². The molecule has 8 heteroatoms. The summed E-state index contributed by atoms with van der Waals surface area (Å²) in [5.74, 6) is 0. The van der Waals surface area contributed by atoms with Crippen molar-refractivity contribution in [2.24, 2.45) is 0 Å². The number of carbonyl (C=O) groups excluding carboxylic acids is 1. The molecule has 0 aliphatic carbocycles. The van der Waals surface area contributed by atoms with Gasteiger partial charge in [0.15, 0.2) is 0 Å². The van der Waals surface area contributed by atoms with Gasteiger partial charge in [-0.25, -0.2) is 9.48 Å². The average molecular weight is 365 g/mol. The number of nitrogens with one attached hydrogen (secondary N) is 2. The van der Waals surface area contributed by atoms with Crippen molar-refractivity contribution in [1.82, 2.24) is 15.1 Å². The molecule has 0 saturated heterocycles. The van der Waals surface area contributed by atoms with Crippen LogP contribution < -0.4 is 10.6 Å². The van der Waals surface area contributed by atoms with Gasteiger partial charge in [0, 0.05) is 31.1 Å². The lowest BCUT2D eigenvalue weighted by Gasteiger charge is -2.10. The average Bonchev–Trinajstić information content (AvgIpc) is 3.18. The zero-order valence-electron chi connectivity index (χ0n) is 14.8. The molecular formula is C19H19N5O3. The highest BCUT2D eigenvalue weighted by Crippen LogP contribution is 2.21. The molecule has 0 aliphatic heterocycles. The zero-order valence-corrected chi connectivity index (χ0v) is 14.8. The van der Waals surface area contributed by atoms with Crippen LogP contribution in [0.2, 0.25) is 0 Å². The van der Waals surface area contributed by atoms with Crippen LogP contribution in [0, 0.1) is 17.0 Å². The van der Waals surface area contributed by atoms with Crippen molar-refractivity contribution >= 4 is 17.4 Å². The molecule has 2 N–H and O–H groups in total. The van der Waals surface area contributed by atoms with E-state index in [2.05, 4.69) is 15.7 Å². The summed E-state index contributed by atoms with van der Waals surface area (Å²) in [6.07, 6.45) is 4.26. The number of urea groups is 1. The molecule has 1 aromatic heterocycles. The lowest BCUT2D eigenvalue weighted by atomic mass is 10.1. The summed E-state index contributed by atoms with van der Waals surface area (Å²) in [6, 6.07) is 13.7. The molecule has 0 spiro atoms. The summed E-state index contributed by atoms with van der Waals surface area (Å²) < 4.78 is 1.77. The fourth-order valence-electron chi connectivity index (χ4n) is 2.58. The topological polar surface area (TPSA) is 102 Å². The molecule has 3 aromatic rings. The maximum Gasteiger partial charge on any atom is 0.319 e. The quantitative estimate of drug-likeness (QED) is 0.516. The Morgan fingerprint density at radius 3 is 2.67 bits per heavy atom. The first-order valence-corrected chi connectivity index (χ1v) is 8.42. The number of nitro groups is 1. The van der Waals surface area contributed by atoms with Crippen LogP contribution in [0.1, 0.15) is 11.1 Å². The predicted octanol–water partition coefficient (Wildman–Crippen LogP) is 3.45. The molecule has 0 unspecified atom stereocenters. The smallest absolute Gasteiger partial charge is 0.319 e. The number of hydrogen-bond acceptors (Lipinski definition) is 4. The minimum Gasteiger partial charge on any atom is -0.338 e. The molecule has 0 aliphatic rings. The van der Waals surface area contributed by atoms with Crippen LogP contribution in [-0.2, 0) is 6.42 Å². The second-order valence-electron chi connectivity index (χ2n) is 6.00. The highest BCUT2D eigenvalue weighted by Gasteiger charge is 2.10. The number of non-ortho nitro benzene ring substituents is 1. The lowest BCUT2D eigenvalue weighted by Crippen LogP contribution is -2.30. The molecular weight excluding hydrogens is 346 g/mol. The number of carbonyl (C=O) groups is 1. The molecule has 2 aromatic carbocycles. The van der Waals surface area contributed by atoms with E-state index in [0.717, 1.165) is 16.8 Å². The summed E-state index contributed by atoms with van der Waals surface area (Å²) in [5.41, 5.74) is 3.16. The van der Waals surface area contributed by atoms with Crippen LogP contribution in [0.5, 0.6) is 0 Å². The van der Waals surface area contributed by atoms with E-state index in [1.807, 2.05) is 36.5 Å². The zero-order chi connectivity index (χ0) is 19.2. The number of nitrogens with zero attached hydrogens (tertiary/aromatic N) is 3. The Hall–Kier alpha value is -3.68. The van der Waals surface area contributed by atoms with Gasteiger partial charge in [-0.1, -0.05) is 18.2 Å². The molecule has 27 heavy (non-hydrogen) atoms. The summed E-state index contributed by atoms with van der Waals surface area (Å²) in [6.45, 7) is 2.22. The highest BCUT2D eigenvalue weighted by atomic mass is 16.6. The van der Waals surface area contributed by atoms with Crippen LogP contribution in [-0.4, -0.2) is 27.3 Å². The third kappa shape index (κ3) is 4.69. The normalized spacial score (nSPS) is 10.4. The second-order valence-corrected chi connectivity index (χ2v) is 6.00. The minimum absolute atomic E-state index is 0.0619. The van der Waals surface area contributed by atoms with Gasteiger partial charge in [-0.05, 0) is 42.7 Å². The third-order valence-corrected chi connectivity index (χ3v) is 4.08. The fraction of sp³-hybridized carbons (Fsp3) is 0.158. The number of aryl methyl sites for hydroxylation is 1. The van der Waals surface area contributed by atoms with E-state index >= 15 is 0 Å². The van der Waals surface area contributed by atoms with Gasteiger partial charge in [0.2, 0.25) is 0 Å². The van der Waals surface area contributed by atoms with Crippen molar-refractivity contribution in [3.05, 3.63) is 82.2 Å². The van der Waals surface area contributed by atoms with Crippen LogP contribution in [0.4, 0.5) is 16.2 Å². The molecule has 8 nitrogen and oxygen atoms in total. The van der Waals surface area contributed by atoms with Crippen molar-refractivity contribution in [3.8, 4) is 5.69 Å². The Bertz CT molecular complexity index is 936. The molecule has 0 bridgehead atoms. The summed E-state index contributed by atoms with van der Waals surface area (Å²) in [4.78, 5) is 22.4. The Balaban J connectivity index is 1.51. The molecule has 0 atom stereocenters. The first kappa shape index (κ1) is 18.1. The Kier molecular flexibility index (Phi) is 5.46. The number of hydrogen-bond donors (Lipinski definition) is 2. The van der Waals surface area contributed by atoms with Gasteiger partial charge < -0.3 is 10.6 Å². The number of rotatable bonds is 6. The van der Waals surface area contributed by atoms with E-state index in [-0.39, 0.29) is 5.69 Å². The molecule has 3 rings (SSSR count). The molecule has 138 valence electrons. The Morgan fingerprint density at radius 1 is 1.22 bits per heavy atom. The van der Waals surface area contributed by atoms with Gasteiger partial charge in [0.05, 0.1) is 16.3 Å². The van der Waals surface area contributed by atoms with E-state index < -0.39 is 11.0 Å². The van der Waals surface area contributed by atoms with Crippen molar-refractivity contribution < 1.29 is 9.72 Å². The monoisotopic (exact) mass is 365 g/mol. The van der Waals surface area contributed by atoms with Gasteiger partial charge in [-0.3, -0.25) is 10.1 Å². The molecule has 0 fully saturated rings. The maximum absolute atomic E-state index is 12.0. The van der Waals surface area contributed by atoms with Gasteiger partial charge in [0.25, 0.3) is 5.69 Å². The molecule has 2 amide bonds. The van der Waals surface area contributed by atoms with Crippen molar-refractivity contribution in [2.75, 3.05) is 11.9 Å². The maximum atomic E-state index is 12.0. The molecule has 0 saturated carbocycles. The van der Waals surface area contributed by atoms with Gasteiger partial charge in [-0.15, -0.1) is 0 Å². The van der Waals surface area contributed by atoms with E-state index in [1.165, 1.54) is 12.1 Å². The van der Waals surface area contributed by atoms with Gasteiger partial charge in [0.1, 0.15) is 0 Å². The molecule has 1 heterocycles. The van der Waals surface area contributed by atoms with E-state index in [1.54, 1.807) is 23.9 Å². The fourth-order valence-corrected chi connectivity index (χ4v) is 2.58. The second kappa shape index (κ2) is 8.13. The number of benzene rings is 2. The summed E-state index contributed by atoms with van der Waals surface area (Å²) in [7, 11) is 0. The van der Waals surface area contributed by atoms with Crippen LogP contribution in [0.15, 0.2) is 60.9 Å². The number of amides is 2. The number of nitro benzene ring substituents is 1. The van der Waals surface area contributed by atoms with E-state index in [4.69, 9.17) is 0 Å². The Morgan fingerprint density at radius 2 is 2.00 bits per heavy atom. The highest BCUT2D eigenvalue weighted by molar-refractivity contribution is 5.90. The first-order chi connectivity index (χ1) is 13.0. The summed E-state index contributed by atoms with van der Waals surface area (Å²) >= 11 is 0. The lowest BCUT2D eigenvalue weighted by molar-refractivity contribution is -0.384. The molecule has 0 radical (unpaired) electrons. The minimum atomic E-state index is -0.491. The van der Waals surface area contributed by atoms with Crippen molar-refractivity contribution in [1.29, 1.82) is 0 Å². The predicted molar refractivity (Wildman–Crippen MR) is 102 cm³/mol. The first-order valence-electron chi connectivity index (χ1n) is 8.42. The Labute approximate surface area is 156 Å². The van der Waals surface area contributed by atoms with Crippen LogP contribution in [0.3, 0.4) is 0 Å². The SMILES string of the molecule is Cc1ccc([N+](=O)[O-])cc1NC(=O)NCCc1ccc(-n2cccn2)cc1. The van der Waals surface area contributed by atoms with Crippen molar-refractivity contribution in [3.63, 3.8) is 0 Å². The standard InChI is InChI=1S/C19H19N5O3/c1-14-3-6-17(24(26)27)13-18(14)22-19(25)20-11-9-15-4-7-16(8-5-15)23-12-2-10-21-23/h2-8,10,12-13H,9,11H2,1H3,(H2,20,22,25). The van der Waals surface area contributed by atoms with Crippen LogP contribution >= 0.6 is 0 Å². The number of anilines is 1. The largest absolute Gasteiger partial charge is 0.338 e. The summed E-state index contributed by atoms with van der Waals surface area (Å²) in [5, 5.41) is 20.4. The van der Waals surface area contributed by atoms with Crippen molar-refractivity contribution in [2.45, 2.75) is 13.3 Å². The van der Waals surface area contributed by atoms with Crippen LogP contribution in [0.25, 0.3) is 5.69 Å². The van der Waals surface area contributed by atoms with Gasteiger partial charge in [-0.2, -0.15) is 5.10 Å². The third-order valence-electron chi connectivity index (χ3n) is 4.08.